The van der Waals surface area contributed by atoms with Crippen LogP contribution in [0.3, 0.4) is 0 Å². The summed E-state index contributed by atoms with van der Waals surface area (Å²) >= 11 is 3.09. The van der Waals surface area contributed by atoms with Gasteiger partial charge in [0.15, 0.2) is 17.1 Å². The van der Waals surface area contributed by atoms with Gasteiger partial charge in [-0.25, -0.2) is 13.8 Å². The van der Waals surface area contributed by atoms with Gasteiger partial charge in [0.25, 0.3) is 0 Å². The number of benzene rings is 2. The quantitative estimate of drug-likeness (QED) is 0.691. The van der Waals surface area contributed by atoms with Crippen molar-refractivity contribution in [1.82, 2.24) is 4.98 Å². The molecule has 1 heterocycles. The standard InChI is InChI=1S/C15H10BrF2NO2/c16-7-11(18)9-2-1-3-12-14(9)21-15(19-12)8-4-5-13(20)10(17)6-8/h1-6,11,20H,7H2. The van der Waals surface area contributed by atoms with E-state index in [1.165, 1.54) is 12.1 Å². The summed E-state index contributed by atoms with van der Waals surface area (Å²) in [6.07, 6.45) is -1.22. The Balaban J connectivity index is 2.14. The molecule has 2 aromatic carbocycles. The Labute approximate surface area is 127 Å². The van der Waals surface area contributed by atoms with Gasteiger partial charge < -0.3 is 9.52 Å². The zero-order chi connectivity index (χ0) is 15.0. The van der Waals surface area contributed by atoms with Crippen molar-refractivity contribution in [3.05, 3.63) is 47.8 Å². The molecule has 21 heavy (non-hydrogen) atoms. The van der Waals surface area contributed by atoms with Crippen LogP contribution in [0.5, 0.6) is 5.75 Å². The Morgan fingerprint density at radius 1 is 1.29 bits per heavy atom. The molecule has 108 valence electrons. The minimum Gasteiger partial charge on any atom is -0.505 e. The molecule has 0 radical (unpaired) electrons. The molecule has 3 aromatic rings. The topological polar surface area (TPSA) is 46.3 Å². The van der Waals surface area contributed by atoms with Crippen LogP contribution in [-0.4, -0.2) is 15.4 Å². The van der Waals surface area contributed by atoms with Crippen LogP contribution >= 0.6 is 15.9 Å². The van der Waals surface area contributed by atoms with Crippen LogP contribution in [0.15, 0.2) is 40.8 Å². The lowest BCUT2D eigenvalue weighted by Crippen LogP contribution is -1.92. The fraction of sp³-hybridized carbons (Fsp3) is 0.133. The molecule has 1 atom stereocenters. The first-order chi connectivity index (χ1) is 10.1. The number of fused-ring (bicyclic) bond motifs is 1. The van der Waals surface area contributed by atoms with Crippen molar-refractivity contribution in [3.8, 4) is 17.2 Å². The molecule has 0 aliphatic heterocycles. The molecule has 0 bridgehead atoms. The number of aromatic hydroxyl groups is 1. The first-order valence-electron chi connectivity index (χ1n) is 6.18. The Kier molecular flexibility index (Phi) is 3.63. The maximum Gasteiger partial charge on any atom is 0.227 e. The second-order valence-electron chi connectivity index (χ2n) is 4.50. The molecule has 0 amide bonds. The van der Waals surface area contributed by atoms with Crippen molar-refractivity contribution in [2.75, 3.05) is 5.33 Å². The lowest BCUT2D eigenvalue weighted by molar-refractivity contribution is 0.381. The number of aromatic nitrogens is 1. The van der Waals surface area contributed by atoms with Gasteiger partial charge in [0.05, 0.1) is 0 Å². The second-order valence-corrected chi connectivity index (χ2v) is 5.15. The van der Waals surface area contributed by atoms with E-state index in [9.17, 15) is 13.9 Å². The molecule has 0 saturated heterocycles. The van der Waals surface area contributed by atoms with E-state index in [0.717, 1.165) is 6.07 Å². The van der Waals surface area contributed by atoms with Crippen molar-refractivity contribution in [2.45, 2.75) is 6.17 Å². The monoisotopic (exact) mass is 353 g/mol. The third-order valence-electron chi connectivity index (χ3n) is 3.11. The van der Waals surface area contributed by atoms with E-state index in [2.05, 4.69) is 20.9 Å². The van der Waals surface area contributed by atoms with Gasteiger partial charge in [-0.1, -0.05) is 28.1 Å². The highest BCUT2D eigenvalue weighted by molar-refractivity contribution is 9.09. The molecular weight excluding hydrogens is 344 g/mol. The highest BCUT2D eigenvalue weighted by atomic mass is 79.9. The van der Waals surface area contributed by atoms with Crippen LogP contribution in [0.25, 0.3) is 22.6 Å². The number of halogens is 3. The molecule has 0 aliphatic carbocycles. The van der Waals surface area contributed by atoms with Crippen LogP contribution in [0.2, 0.25) is 0 Å². The summed E-state index contributed by atoms with van der Waals surface area (Å²) in [6, 6.07) is 8.84. The highest BCUT2D eigenvalue weighted by Gasteiger charge is 2.17. The number of phenolic OH excluding ortho intramolecular Hbond substituents is 1. The molecule has 1 N–H and O–H groups in total. The molecule has 6 heteroatoms. The Morgan fingerprint density at radius 2 is 2.10 bits per heavy atom. The van der Waals surface area contributed by atoms with Gasteiger partial charge >= 0.3 is 0 Å². The number of rotatable bonds is 3. The SMILES string of the molecule is Oc1ccc(-c2nc3cccc(C(F)CBr)c3o2)cc1F. The largest absolute Gasteiger partial charge is 0.505 e. The molecule has 3 nitrogen and oxygen atoms in total. The van der Waals surface area contributed by atoms with Gasteiger partial charge in [-0.2, -0.15) is 0 Å². The van der Waals surface area contributed by atoms with E-state index >= 15 is 0 Å². The molecular formula is C15H10BrF2NO2. The first-order valence-corrected chi connectivity index (χ1v) is 7.30. The van der Waals surface area contributed by atoms with Crippen LogP contribution in [0, 0.1) is 5.82 Å². The summed E-state index contributed by atoms with van der Waals surface area (Å²) in [7, 11) is 0. The van der Waals surface area contributed by atoms with Crippen LogP contribution in [-0.2, 0) is 0 Å². The molecule has 0 spiro atoms. The number of alkyl halides is 2. The fourth-order valence-corrected chi connectivity index (χ4v) is 2.41. The molecule has 0 fully saturated rings. The number of phenols is 1. The molecule has 1 aromatic heterocycles. The number of hydrogen-bond acceptors (Lipinski definition) is 3. The number of para-hydroxylation sites is 1. The van der Waals surface area contributed by atoms with E-state index in [1.807, 2.05) is 0 Å². The lowest BCUT2D eigenvalue weighted by atomic mass is 10.1. The minimum atomic E-state index is -1.22. The Hall–Kier alpha value is -1.95. The van der Waals surface area contributed by atoms with Crippen molar-refractivity contribution in [3.63, 3.8) is 0 Å². The average Bonchev–Trinajstić information content (AvgIpc) is 2.93. The highest BCUT2D eigenvalue weighted by Crippen LogP contribution is 2.32. The van der Waals surface area contributed by atoms with E-state index in [1.54, 1.807) is 18.2 Å². The zero-order valence-corrected chi connectivity index (χ0v) is 12.3. The Morgan fingerprint density at radius 3 is 2.81 bits per heavy atom. The summed E-state index contributed by atoms with van der Waals surface area (Å²) < 4.78 is 32.9. The summed E-state index contributed by atoms with van der Waals surface area (Å²) in [4.78, 5) is 4.23. The molecule has 0 saturated carbocycles. The number of oxazole rings is 1. The summed E-state index contributed by atoms with van der Waals surface area (Å²) in [5.74, 6) is -1.03. The van der Waals surface area contributed by atoms with Crippen molar-refractivity contribution >= 4 is 27.0 Å². The molecule has 3 rings (SSSR count). The molecule has 1 unspecified atom stereocenters. The van der Waals surface area contributed by atoms with Crippen molar-refractivity contribution < 1.29 is 18.3 Å². The predicted octanol–water partition coefficient (Wildman–Crippen LogP) is 4.75. The third kappa shape index (κ3) is 2.51. The van der Waals surface area contributed by atoms with Crippen molar-refractivity contribution in [2.24, 2.45) is 0 Å². The number of nitrogens with zero attached hydrogens (tertiary/aromatic N) is 1. The van der Waals surface area contributed by atoms with Crippen LogP contribution in [0.4, 0.5) is 8.78 Å². The summed E-state index contributed by atoms with van der Waals surface area (Å²) in [6.45, 7) is 0. The van der Waals surface area contributed by atoms with Gasteiger partial charge in [-0.05, 0) is 24.3 Å². The van der Waals surface area contributed by atoms with Gasteiger partial charge in [-0.3, -0.25) is 0 Å². The van der Waals surface area contributed by atoms with E-state index in [0.29, 0.717) is 22.2 Å². The second kappa shape index (κ2) is 5.44. The van der Waals surface area contributed by atoms with Crippen molar-refractivity contribution in [1.29, 1.82) is 0 Å². The molecule has 0 aliphatic rings. The maximum absolute atomic E-state index is 13.9. The maximum atomic E-state index is 13.9. The normalized spacial score (nSPS) is 12.7. The van der Waals surface area contributed by atoms with E-state index < -0.39 is 17.7 Å². The summed E-state index contributed by atoms with van der Waals surface area (Å²) in [5.41, 5.74) is 1.61. The summed E-state index contributed by atoms with van der Waals surface area (Å²) in [5, 5.41) is 9.35. The first kappa shape index (κ1) is 14.0. The van der Waals surface area contributed by atoms with Gasteiger partial charge in [0.1, 0.15) is 11.7 Å². The Bertz CT molecular complexity index is 803. The third-order valence-corrected chi connectivity index (χ3v) is 3.68. The average molecular weight is 354 g/mol. The fourth-order valence-electron chi connectivity index (χ4n) is 2.06. The minimum absolute atomic E-state index is 0.149. The van der Waals surface area contributed by atoms with Crippen LogP contribution in [0.1, 0.15) is 11.7 Å². The lowest BCUT2D eigenvalue weighted by Gasteiger charge is -2.03. The smallest absolute Gasteiger partial charge is 0.227 e. The van der Waals surface area contributed by atoms with E-state index in [-0.39, 0.29) is 11.2 Å². The number of hydrogen-bond donors (Lipinski definition) is 1. The predicted molar refractivity (Wildman–Crippen MR) is 78.7 cm³/mol. The van der Waals surface area contributed by atoms with Crippen LogP contribution < -0.4 is 0 Å². The van der Waals surface area contributed by atoms with Gasteiger partial charge in [-0.15, -0.1) is 0 Å². The van der Waals surface area contributed by atoms with E-state index in [4.69, 9.17) is 4.42 Å². The van der Waals surface area contributed by atoms with Gasteiger partial charge in [0.2, 0.25) is 5.89 Å². The zero-order valence-electron chi connectivity index (χ0n) is 10.7. The van der Waals surface area contributed by atoms with Gasteiger partial charge in [0, 0.05) is 16.5 Å².